The van der Waals surface area contributed by atoms with E-state index in [1.165, 1.54) is 0 Å². The van der Waals surface area contributed by atoms with Crippen molar-refractivity contribution in [3.05, 3.63) is 46.7 Å². The third kappa shape index (κ3) is 5.51. The Labute approximate surface area is 170 Å². The number of amides is 1. The first-order valence-corrected chi connectivity index (χ1v) is 9.88. The smallest absolute Gasteiger partial charge is 0.224 e. The van der Waals surface area contributed by atoms with Crippen LogP contribution in [0.2, 0.25) is 5.02 Å². The maximum absolute atomic E-state index is 12.3. The fraction of sp³-hybridized carbons (Fsp3) is 0.429. The summed E-state index contributed by atoms with van der Waals surface area (Å²) in [5.74, 6) is 1.10. The van der Waals surface area contributed by atoms with Crippen molar-refractivity contribution in [3.63, 3.8) is 0 Å². The highest BCUT2D eigenvalue weighted by Crippen LogP contribution is 2.28. The molecule has 1 saturated heterocycles. The minimum Gasteiger partial charge on any atom is -0.495 e. The molecule has 0 radical (unpaired) electrons. The molecule has 3 rings (SSSR count). The van der Waals surface area contributed by atoms with Gasteiger partial charge in [0.15, 0.2) is 0 Å². The first kappa shape index (κ1) is 20.2. The van der Waals surface area contributed by atoms with Gasteiger partial charge in [0.1, 0.15) is 17.5 Å². The average Bonchev–Trinajstić information content (AvgIpc) is 3.14. The molecule has 1 fully saturated rings. The Hall–Kier alpha value is -2.49. The molecule has 0 spiro atoms. The summed E-state index contributed by atoms with van der Waals surface area (Å²) < 4.78 is 5.12. The Morgan fingerprint density at radius 2 is 2.32 bits per heavy atom. The molecule has 1 atom stereocenters. The predicted octanol–water partition coefficient (Wildman–Crippen LogP) is 4.18. The van der Waals surface area contributed by atoms with Crippen LogP contribution < -0.4 is 10.1 Å². The maximum atomic E-state index is 12.3. The Morgan fingerprint density at radius 1 is 1.46 bits per heavy atom. The lowest BCUT2D eigenvalue weighted by Crippen LogP contribution is -2.35. The number of aromatic nitrogens is 1. The van der Waals surface area contributed by atoms with Crippen LogP contribution in [0, 0.1) is 17.2 Å². The number of carbonyl (C=O) groups excluding carboxylic acids is 1. The van der Waals surface area contributed by atoms with Gasteiger partial charge in [-0.05, 0) is 61.6 Å². The SMILES string of the molecule is COc1ccc(NC(=O)CC[C@@H]2CCCN(Cc3c[nH]c(C#N)c3)C2)cc1Cl. The van der Waals surface area contributed by atoms with Crippen LogP contribution in [0.25, 0.3) is 0 Å². The molecule has 0 aliphatic carbocycles. The van der Waals surface area contributed by atoms with Crippen molar-refractivity contribution in [1.82, 2.24) is 9.88 Å². The van der Waals surface area contributed by atoms with E-state index in [1.54, 1.807) is 25.3 Å². The lowest BCUT2D eigenvalue weighted by atomic mass is 9.93. The summed E-state index contributed by atoms with van der Waals surface area (Å²) in [6.07, 6.45) is 5.54. The number of nitrogens with one attached hydrogen (secondary N) is 2. The van der Waals surface area contributed by atoms with Gasteiger partial charge in [0, 0.05) is 31.4 Å². The van der Waals surface area contributed by atoms with Crippen molar-refractivity contribution in [2.24, 2.45) is 5.92 Å². The Kier molecular flexibility index (Phi) is 6.96. The number of benzene rings is 1. The van der Waals surface area contributed by atoms with Gasteiger partial charge in [-0.25, -0.2) is 0 Å². The van der Waals surface area contributed by atoms with E-state index in [4.69, 9.17) is 21.6 Å². The number of piperidine rings is 1. The lowest BCUT2D eigenvalue weighted by Gasteiger charge is -2.32. The predicted molar refractivity (Wildman–Crippen MR) is 109 cm³/mol. The molecular formula is C21H25ClN4O2. The van der Waals surface area contributed by atoms with Gasteiger partial charge in [0.2, 0.25) is 5.91 Å². The van der Waals surface area contributed by atoms with Gasteiger partial charge in [0.05, 0.1) is 12.1 Å². The molecule has 0 saturated carbocycles. The molecular weight excluding hydrogens is 376 g/mol. The van der Waals surface area contributed by atoms with Gasteiger partial charge < -0.3 is 15.0 Å². The summed E-state index contributed by atoms with van der Waals surface area (Å²) >= 11 is 6.10. The number of methoxy groups -OCH3 is 1. The zero-order valence-corrected chi connectivity index (χ0v) is 16.8. The van der Waals surface area contributed by atoms with Crippen molar-refractivity contribution in [1.29, 1.82) is 5.26 Å². The summed E-state index contributed by atoms with van der Waals surface area (Å²) in [4.78, 5) is 17.7. The first-order chi connectivity index (χ1) is 13.6. The number of aromatic amines is 1. The zero-order valence-electron chi connectivity index (χ0n) is 16.0. The van der Waals surface area contributed by atoms with E-state index in [-0.39, 0.29) is 5.91 Å². The second-order valence-electron chi connectivity index (χ2n) is 7.21. The maximum Gasteiger partial charge on any atom is 0.224 e. The van der Waals surface area contributed by atoms with Crippen LogP contribution in [0.3, 0.4) is 0 Å². The second kappa shape index (κ2) is 9.63. The monoisotopic (exact) mass is 400 g/mol. The van der Waals surface area contributed by atoms with Crippen molar-refractivity contribution >= 4 is 23.2 Å². The van der Waals surface area contributed by atoms with Crippen molar-refractivity contribution in [2.45, 2.75) is 32.2 Å². The average molecular weight is 401 g/mol. The van der Waals surface area contributed by atoms with E-state index >= 15 is 0 Å². The summed E-state index contributed by atoms with van der Waals surface area (Å²) in [5, 5.41) is 12.3. The molecule has 2 aromatic rings. The molecule has 1 aromatic heterocycles. The third-order valence-electron chi connectivity index (χ3n) is 5.09. The van der Waals surface area contributed by atoms with Gasteiger partial charge >= 0.3 is 0 Å². The number of hydrogen-bond acceptors (Lipinski definition) is 4. The number of rotatable bonds is 7. The Morgan fingerprint density at radius 3 is 3.04 bits per heavy atom. The Bertz CT molecular complexity index is 858. The standard InChI is InChI=1S/C21H25ClN4O2/c1-28-20-6-5-17(10-19(20)22)25-21(27)7-4-15-3-2-8-26(13-15)14-16-9-18(11-23)24-12-16/h5-6,9-10,12,15,24H,2-4,7-8,13-14H2,1H3,(H,25,27)/t15-/m0/s1. The minimum atomic E-state index is 0.00246. The molecule has 0 unspecified atom stereocenters. The number of carbonyl (C=O) groups is 1. The van der Waals surface area contributed by atoms with Crippen molar-refractivity contribution < 1.29 is 9.53 Å². The van der Waals surface area contributed by atoms with Gasteiger partial charge in [0.25, 0.3) is 0 Å². The summed E-state index contributed by atoms with van der Waals surface area (Å²) in [7, 11) is 1.56. The summed E-state index contributed by atoms with van der Waals surface area (Å²) in [6.45, 7) is 2.88. The molecule has 28 heavy (non-hydrogen) atoms. The van der Waals surface area contributed by atoms with Gasteiger partial charge in [-0.1, -0.05) is 11.6 Å². The number of ether oxygens (including phenoxy) is 1. The van der Waals surface area contributed by atoms with E-state index in [1.807, 2.05) is 12.3 Å². The molecule has 1 aliphatic rings. The molecule has 2 N–H and O–H groups in total. The summed E-state index contributed by atoms with van der Waals surface area (Å²) in [6, 6.07) is 9.26. The second-order valence-corrected chi connectivity index (χ2v) is 7.62. The van der Waals surface area contributed by atoms with E-state index in [2.05, 4.69) is 21.3 Å². The number of nitrogens with zero attached hydrogens (tertiary/aromatic N) is 2. The van der Waals surface area contributed by atoms with Gasteiger partial charge in [-0.2, -0.15) is 5.26 Å². The largest absolute Gasteiger partial charge is 0.495 e. The third-order valence-corrected chi connectivity index (χ3v) is 5.38. The lowest BCUT2D eigenvalue weighted by molar-refractivity contribution is -0.116. The molecule has 1 aliphatic heterocycles. The van der Waals surface area contributed by atoms with Crippen molar-refractivity contribution in [3.8, 4) is 11.8 Å². The van der Waals surface area contributed by atoms with Crippen molar-refractivity contribution in [2.75, 3.05) is 25.5 Å². The van der Waals surface area contributed by atoms with Crippen LogP contribution in [-0.2, 0) is 11.3 Å². The van der Waals surface area contributed by atoms with E-state index in [0.29, 0.717) is 34.5 Å². The quantitative estimate of drug-likeness (QED) is 0.730. The topological polar surface area (TPSA) is 81.2 Å². The van der Waals surface area contributed by atoms with E-state index < -0.39 is 0 Å². The molecule has 6 nitrogen and oxygen atoms in total. The van der Waals surface area contributed by atoms with Crippen LogP contribution in [0.15, 0.2) is 30.5 Å². The van der Waals surface area contributed by atoms with Crippen LogP contribution in [0.5, 0.6) is 5.75 Å². The molecule has 1 aromatic carbocycles. The fourth-order valence-electron chi connectivity index (χ4n) is 3.69. The minimum absolute atomic E-state index is 0.00246. The van der Waals surface area contributed by atoms with Gasteiger partial charge in [-0.3, -0.25) is 9.69 Å². The molecule has 7 heteroatoms. The first-order valence-electron chi connectivity index (χ1n) is 9.50. The summed E-state index contributed by atoms with van der Waals surface area (Å²) in [5.41, 5.74) is 2.41. The van der Waals surface area contributed by atoms with Gasteiger partial charge in [-0.15, -0.1) is 0 Å². The van der Waals surface area contributed by atoms with E-state index in [9.17, 15) is 4.79 Å². The number of hydrogen-bond donors (Lipinski definition) is 2. The Balaban J connectivity index is 1.45. The van der Waals surface area contributed by atoms with Crippen LogP contribution in [0.1, 0.15) is 36.9 Å². The number of likely N-dealkylation sites (tertiary alicyclic amines) is 1. The number of halogens is 1. The van der Waals surface area contributed by atoms with E-state index in [0.717, 1.165) is 44.5 Å². The molecule has 0 bridgehead atoms. The highest BCUT2D eigenvalue weighted by molar-refractivity contribution is 6.32. The number of H-pyrrole nitrogens is 1. The fourth-order valence-corrected chi connectivity index (χ4v) is 3.94. The normalized spacial score (nSPS) is 17.1. The zero-order chi connectivity index (χ0) is 19.9. The molecule has 148 valence electrons. The number of nitriles is 1. The van der Waals surface area contributed by atoms with Crippen LogP contribution >= 0.6 is 11.6 Å². The van der Waals surface area contributed by atoms with Crippen LogP contribution in [0.4, 0.5) is 5.69 Å². The highest BCUT2D eigenvalue weighted by atomic mass is 35.5. The van der Waals surface area contributed by atoms with Crippen LogP contribution in [-0.4, -0.2) is 36.0 Å². The molecule has 1 amide bonds. The highest BCUT2D eigenvalue weighted by Gasteiger charge is 2.21. The molecule has 2 heterocycles. The number of anilines is 1.